The first-order valence-corrected chi connectivity index (χ1v) is 7.80. The number of hydrogen-bond donors (Lipinski definition) is 3. The highest BCUT2D eigenvalue weighted by molar-refractivity contribution is 5.89. The lowest BCUT2D eigenvalue weighted by atomic mass is 10.1. The first-order valence-electron chi connectivity index (χ1n) is 7.80. The molecule has 0 fully saturated rings. The molecule has 2 unspecified atom stereocenters. The summed E-state index contributed by atoms with van der Waals surface area (Å²) < 4.78 is 0. The third-order valence-corrected chi connectivity index (χ3v) is 3.62. The number of aromatic nitrogens is 1. The van der Waals surface area contributed by atoms with Gasteiger partial charge in [-0.1, -0.05) is 25.0 Å². The normalized spacial score (nSPS) is 12.5. The highest BCUT2D eigenvalue weighted by Crippen LogP contribution is 2.10. The minimum Gasteiger partial charge on any atom is -0.396 e. The van der Waals surface area contributed by atoms with Gasteiger partial charge in [0.1, 0.15) is 5.69 Å². The Hall–Kier alpha value is -2.84. The lowest BCUT2D eigenvalue weighted by molar-refractivity contribution is 0.204. The SMILES string of the molecule is CC(CO)C(C)NC(=O)Nc1cccc(C#Cc2ccccn2)c1. The predicted octanol–water partition coefficient (Wildman–Crippen LogP) is 2.62. The second-order valence-corrected chi connectivity index (χ2v) is 5.59. The monoisotopic (exact) mass is 323 g/mol. The van der Waals surface area contributed by atoms with Crippen molar-refractivity contribution in [3.05, 3.63) is 59.9 Å². The van der Waals surface area contributed by atoms with Crippen LogP contribution in [0.3, 0.4) is 0 Å². The summed E-state index contributed by atoms with van der Waals surface area (Å²) in [5.41, 5.74) is 2.14. The van der Waals surface area contributed by atoms with Crippen molar-refractivity contribution in [1.82, 2.24) is 10.3 Å². The Morgan fingerprint density at radius 2 is 2.04 bits per heavy atom. The molecule has 3 N–H and O–H groups in total. The van der Waals surface area contributed by atoms with Gasteiger partial charge in [-0.25, -0.2) is 9.78 Å². The smallest absolute Gasteiger partial charge is 0.319 e. The van der Waals surface area contributed by atoms with Crippen molar-refractivity contribution in [3.63, 3.8) is 0 Å². The number of anilines is 1. The zero-order valence-electron chi connectivity index (χ0n) is 13.8. The molecule has 1 aromatic heterocycles. The number of aliphatic hydroxyl groups is 1. The standard InChI is InChI=1S/C19H21N3O2/c1-14(13-23)15(2)21-19(24)22-18-8-5-6-16(12-18)9-10-17-7-3-4-11-20-17/h3-8,11-12,14-15,23H,13H2,1-2H3,(H2,21,22,24). The number of hydrogen-bond acceptors (Lipinski definition) is 3. The Morgan fingerprint density at radius 1 is 1.21 bits per heavy atom. The molecular formula is C19H21N3O2. The van der Waals surface area contributed by atoms with Crippen LogP contribution in [-0.2, 0) is 0 Å². The second-order valence-electron chi connectivity index (χ2n) is 5.59. The third kappa shape index (κ3) is 5.41. The van der Waals surface area contributed by atoms with Gasteiger partial charge in [0.2, 0.25) is 0 Å². The summed E-state index contributed by atoms with van der Waals surface area (Å²) in [5.74, 6) is 6.00. The molecule has 0 aliphatic heterocycles. The van der Waals surface area contributed by atoms with E-state index in [1.807, 2.05) is 44.2 Å². The van der Waals surface area contributed by atoms with Gasteiger partial charge in [0.05, 0.1) is 0 Å². The van der Waals surface area contributed by atoms with E-state index in [2.05, 4.69) is 27.5 Å². The topological polar surface area (TPSA) is 74.2 Å². The highest BCUT2D eigenvalue weighted by atomic mass is 16.3. The number of aliphatic hydroxyl groups excluding tert-OH is 1. The average Bonchev–Trinajstić information content (AvgIpc) is 2.60. The Morgan fingerprint density at radius 3 is 2.75 bits per heavy atom. The van der Waals surface area contributed by atoms with Gasteiger partial charge < -0.3 is 15.7 Å². The first-order chi connectivity index (χ1) is 11.6. The lowest BCUT2D eigenvalue weighted by Gasteiger charge is -2.19. The number of benzene rings is 1. The fraction of sp³-hybridized carbons (Fsp3) is 0.263. The van der Waals surface area contributed by atoms with Crippen molar-refractivity contribution < 1.29 is 9.90 Å². The van der Waals surface area contributed by atoms with Crippen molar-refractivity contribution in [1.29, 1.82) is 0 Å². The molecule has 0 radical (unpaired) electrons. The molecule has 0 saturated heterocycles. The van der Waals surface area contributed by atoms with Gasteiger partial charge in [0.25, 0.3) is 0 Å². The van der Waals surface area contributed by atoms with Crippen LogP contribution in [0.5, 0.6) is 0 Å². The molecule has 1 aromatic carbocycles. The maximum atomic E-state index is 12.0. The molecule has 2 rings (SSSR count). The number of amides is 2. The second kappa shape index (κ2) is 8.70. The largest absolute Gasteiger partial charge is 0.396 e. The zero-order chi connectivity index (χ0) is 17.4. The van der Waals surface area contributed by atoms with E-state index in [-0.39, 0.29) is 24.6 Å². The third-order valence-electron chi connectivity index (χ3n) is 3.62. The zero-order valence-corrected chi connectivity index (χ0v) is 13.8. The van der Waals surface area contributed by atoms with Crippen molar-refractivity contribution in [3.8, 4) is 11.8 Å². The van der Waals surface area contributed by atoms with E-state index in [0.717, 1.165) is 5.56 Å². The molecular weight excluding hydrogens is 302 g/mol. The molecule has 0 aliphatic carbocycles. The van der Waals surface area contributed by atoms with E-state index >= 15 is 0 Å². The summed E-state index contributed by atoms with van der Waals surface area (Å²) in [7, 11) is 0. The molecule has 0 aliphatic rings. The van der Waals surface area contributed by atoms with Gasteiger partial charge in [-0.05, 0) is 49.1 Å². The van der Waals surface area contributed by atoms with Gasteiger partial charge in [0.15, 0.2) is 0 Å². The Labute approximate surface area is 142 Å². The van der Waals surface area contributed by atoms with Crippen LogP contribution in [0.25, 0.3) is 0 Å². The van der Waals surface area contributed by atoms with Gasteiger partial charge in [-0.2, -0.15) is 0 Å². The fourth-order valence-electron chi connectivity index (χ4n) is 1.92. The average molecular weight is 323 g/mol. The first kappa shape index (κ1) is 17.5. The van der Waals surface area contributed by atoms with E-state index in [4.69, 9.17) is 5.11 Å². The number of nitrogens with one attached hydrogen (secondary N) is 2. The molecule has 2 aromatic rings. The Bertz CT molecular complexity index is 735. The van der Waals surface area contributed by atoms with E-state index in [1.165, 1.54) is 0 Å². The number of nitrogens with zero attached hydrogens (tertiary/aromatic N) is 1. The lowest BCUT2D eigenvalue weighted by Crippen LogP contribution is -2.40. The number of urea groups is 1. The molecule has 124 valence electrons. The number of carbonyl (C=O) groups is 1. The molecule has 2 amide bonds. The molecule has 1 heterocycles. The van der Waals surface area contributed by atoms with Crippen LogP contribution in [0.1, 0.15) is 25.1 Å². The van der Waals surface area contributed by atoms with Crippen LogP contribution in [-0.4, -0.2) is 28.8 Å². The van der Waals surface area contributed by atoms with Crippen LogP contribution in [0.4, 0.5) is 10.5 Å². The number of carbonyl (C=O) groups excluding carboxylic acids is 1. The maximum absolute atomic E-state index is 12.0. The van der Waals surface area contributed by atoms with E-state index < -0.39 is 0 Å². The van der Waals surface area contributed by atoms with Gasteiger partial charge >= 0.3 is 6.03 Å². The van der Waals surface area contributed by atoms with Crippen LogP contribution in [0, 0.1) is 17.8 Å². The quantitative estimate of drug-likeness (QED) is 0.757. The number of pyridine rings is 1. The van der Waals surface area contributed by atoms with E-state index in [0.29, 0.717) is 11.4 Å². The summed E-state index contributed by atoms with van der Waals surface area (Å²) >= 11 is 0. The number of rotatable bonds is 4. The van der Waals surface area contributed by atoms with Crippen molar-refractivity contribution >= 4 is 11.7 Å². The fourth-order valence-corrected chi connectivity index (χ4v) is 1.92. The predicted molar refractivity (Wildman–Crippen MR) is 94.5 cm³/mol. The molecule has 0 spiro atoms. The van der Waals surface area contributed by atoms with Gasteiger partial charge in [-0.3, -0.25) is 0 Å². The molecule has 2 atom stereocenters. The molecule has 0 saturated carbocycles. The van der Waals surface area contributed by atoms with Gasteiger partial charge in [-0.15, -0.1) is 0 Å². The molecule has 24 heavy (non-hydrogen) atoms. The highest BCUT2D eigenvalue weighted by Gasteiger charge is 2.13. The summed E-state index contributed by atoms with van der Waals surface area (Å²) in [5, 5.41) is 14.7. The minimum absolute atomic E-state index is 0.00803. The molecule has 5 nitrogen and oxygen atoms in total. The molecule has 5 heteroatoms. The maximum Gasteiger partial charge on any atom is 0.319 e. The summed E-state index contributed by atoms with van der Waals surface area (Å²) in [6, 6.07) is 12.4. The summed E-state index contributed by atoms with van der Waals surface area (Å²) in [6.45, 7) is 3.76. The van der Waals surface area contributed by atoms with Crippen LogP contribution in [0.2, 0.25) is 0 Å². The van der Waals surface area contributed by atoms with Crippen LogP contribution >= 0.6 is 0 Å². The Balaban J connectivity index is 2.00. The summed E-state index contributed by atoms with van der Waals surface area (Å²) in [4.78, 5) is 16.1. The van der Waals surface area contributed by atoms with E-state index in [9.17, 15) is 4.79 Å². The Kier molecular flexibility index (Phi) is 6.35. The van der Waals surface area contributed by atoms with Crippen molar-refractivity contribution in [2.24, 2.45) is 5.92 Å². The molecule has 0 bridgehead atoms. The van der Waals surface area contributed by atoms with Crippen LogP contribution < -0.4 is 10.6 Å². The summed E-state index contributed by atoms with van der Waals surface area (Å²) in [6.07, 6.45) is 1.70. The van der Waals surface area contributed by atoms with Crippen LogP contribution in [0.15, 0.2) is 48.7 Å². The minimum atomic E-state index is -0.308. The van der Waals surface area contributed by atoms with Crippen molar-refractivity contribution in [2.75, 3.05) is 11.9 Å². The van der Waals surface area contributed by atoms with Gasteiger partial charge in [0, 0.05) is 30.1 Å². The van der Waals surface area contributed by atoms with E-state index in [1.54, 1.807) is 18.3 Å². The van der Waals surface area contributed by atoms with Crippen molar-refractivity contribution in [2.45, 2.75) is 19.9 Å².